The molecule has 2 N–H and O–H groups in total. The Hall–Kier alpha value is -2.57. The quantitative estimate of drug-likeness (QED) is 0.903. The molecule has 0 aliphatic heterocycles. The first-order valence-corrected chi connectivity index (χ1v) is 7.33. The molecular weight excluding hydrogens is 301 g/mol. The first kappa shape index (κ1) is 15.3. The van der Waals surface area contributed by atoms with Gasteiger partial charge in [0.05, 0.1) is 28.4 Å². The van der Waals surface area contributed by atoms with Crippen LogP contribution in [0.4, 0.5) is 4.39 Å². The Morgan fingerprint density at radius 3 is 2.52 bits per heavy atom. The van der Waals surface area contributed by atoms with Crippen molar-refractivity contribution in [2.24, 2.45) is 5.92 Å². The second-order valence-corrected chi connectivity index (χ2v) is 5.89. The maximum atomic E-state index is 13.8. The van der Waals surface area contributed by atoms with Crippen LogP contribution in [-0.4, -0.2) is 33.0 Å². The van der Waals surface area contributed by atoms with Gasteiger partial charge in [-0.2, -0.15) is 0 Å². The summed E-state index contributed by atoms with van der Waals surface area (Å²) >= 11 is 0. The number of nitrogens with one attached hydrogen (secondary N) is 1. The minimum Gasteiger partial charge on any atom is -0.481 e. The van der Waals surface area contributed by atoms with Crippen molar-refractivity contribution in [2.75, 3.05) is 0 Å². The molecule has 1 fully saturated rings. The average Bonchev–Trinajstić information content (AvgIpc) is 2.42. The third kappa shape index (κ3) is 2.86. The summed E-state index contributed by atoms with van der Waals surface area (Å²) in [6.07, 6.45) is 0.774. The molecule has 6 nitrogen and oxygen atoms in total. The van der Waals surface area contributed by atoms with Crippen molar-refractivity contribution in [1.82, 2.24) is 15.3 Å². The first-order chi connectivity index (χ1) is 10.8. The standard InChI is InChI=1S/C16H16FN3O3/c1-7-8(2)19-14-12(5-10(17)6-13(14)18-7)15(21)20-11-3-9(4-11)16(22)23/h5-6,9,11H,3-4H2,1-2H3,(H,20,21)(H,22,23). The molecule has 0 atom stereocenters. The smallest absolute Gasteiger partial charge is 0.306 e. The maximum absolute atomic E-state index is 13.8. The second kappa shape index (κ2) is 5.57. The van der Waals surface area contributed by atoms with Crippen molar-refractivity contribution in [3.8, 4) is 0 Å². The molecule has 1 heterocycles. The van der Waals surface area contributed by atoms with Crippen LogP contribution in [0.1, 0.15) is 34.6 Å². The van der Waals surface area contributed by atoms with Crippen LogP contribution in [0.3, 0.4) is 0 Å². The number of carbonyl (C=O) groups is 2. The summed E-state index contributed by atoms with van der Waals surface area (Å²) in [6.45, 7) is 3.54. The fourth-order valence-corrected chi connectivity index (χ4v) is 2.67. The van der Waals surface area contributed by atoms with Crippen LogP contribution in [0.2, 0.25) is 0 Å². The Bertz CT molecular complexity index is 816. The van der Waals surface area contributed by atoms with Gasteiger partial charge in [0.25, 0.3) is 5.91 Å². The number of fused-ring (bicyclic) bond motifs is 1. The summed E-state index contributed by atoms with van der Waals surface area (Å²) in [5.74, 6) is -2.30. The largest absolute Gasteiger partial charge is 0.481 e. The van der Waals surface area contributed by atoms with Gasteiger partial charge in [-0.1, -0.05) is 0 Å². The van der Waals surface area contributed by atoms with Crippen LogP contribution in [0.5, 0.6) is 0 Å². The Morgan fingerprint density at radius 1 is 1.22 bits per heavy atom. The molecule has 2 aromatic rings. The summed E-state index contributed by atoms with van der Waals surface area (Å²) in [7, 11) is 0. The van der Waals surface area contributed by atoms with E-state index in [4.69, 9.17) is 5.11 Å². The van der Waals surface area contributed by atoms with E-state index >= 15 is 0 Å². The number of rotatable bonds is 3. The molecule has 0 unspecified atom stereocenters. The molecule has 1 aliphatic carbocycles. The number of nitrogens with zero attached hydrogens (tertiary/aromatic N) is 2. The molecule has 0 saturated heterocycles. The van der Waals surface area contributed by atoms with E-state index in [0.717, 1.165) is 6.07 Å². The molecule has 1 saturated carbocycles. The summed E-state index contributed by atoms with van der Waals surface area (Å²) in [6, 6.07) is 2.17. The third-order valence-electron chi connectivity index (χ3n) is 4.21. The zero-order valence-corrected chi connectivity index (χ0v) is 12.8. The predicted octanol–water partition coefficient (Wildman–Crippen LogP) is 1.98. The number of halogens is 1. The van der Waals surface area contributed by atoms with Crippen molar-refractivity contribution in [2.45, 2.75) is 32.7 Å². The lowest BCUT2D eigenvalue weighted by Gasteiger charge is -2.32. The Balaban J connectivity index is 1.88. The van der Waals surface area contributed by atoms with E-state index in [9.17, 15) is 14.0 Å². The fourth-order valence-electron chi connectivity index (χ4n) is 2.67. The highest BCUT2D eigenvalue weighted by Gasteiger charge is 2.35. The number of hydrogen-bond donors (Lipinski definition) is 2. The molecule has 1 aromatic carbocycles. The zero-order chi connectivity index (χ0) is 16.7. The highest BCUT2D eigenvalue weighted by atomic mass is 19.1. The van der Waals surface area contributed by atoms with Crippen LogP contribution in [-0.2, 0) is 4.79 Å². The number of carbonyl (C=O) groups excluding carboxylic acids is 1. The van der Waals surface area contributed by atoms with E-state index < -0.39 is 23.6 Å². The maximum Gasteiger partial charge on any atom is 0.306 e. The lowest BCUT2D eigenvalue weighted by Crippen LogP contribution is -2.46. The molecule has 1 aliphatic rings. The van der Waals surface area contributed by atoms with Crippen LogP contribution >= 0.6 is 0 Å². The lowest BCUT2D eigenvalue weighted by atomic mass is 9.80. The summed E-state index contributed by atoms with van der Waals surface area (Å²) < 4.78 is 13.8. The van der Waals surface area contributed by atoms with Crippen LogP contribution in [0.15, 0.2) is 12.1 Å². The number of carboxylic acid groups (broad SMARTS) is 1. The van der Waals surface area contributed by atoms with Crippen LogP contribution in [0, 0.1) is 25.6 Å². The number of aryl methyl sites for hydroxylation is 2. The van der Waals surface area contributed by atoms with Crippen LogP contribution < -0.4 is 5.32 Å². The van der Waals surface area contributed by atoms with Gasteiger partial charge in [0.1, 0.15) is 11.3 Å². The zero-order valence-electron chi connectivity index (χ0n) is 12.8. The van der Waals surface area contributed by atoms with Crippen molar-refractivity contribution in [3.05, 3.63) is 34.9 Å². The lowest BCUT2D eigenvalue weighted by molar-refractivity contribution is -0.145. The molecule has 3 rings (SSSR count). The summed E-state index contributed by atoms with van der Waals surface area (Å²) in [4.78, 5) is 31.8. The van der Waals surface area contributed by atoms with Gasteiger partial charge in [-0.15, -0.1) is 0 Å². The van der Waals surface area contributed by atoms with Gasteiger partial charge in [-0.25, -0.2) is 14.4 Å². The van der Waals surface area contributed by atoms with E-state index in [1.807, 2.05) is 0 Å². The van der Waals surface area contributed by atoms with Crippen LogP contribution in [0.25, 0.3) is 11.0 Å². The monoisotopic (exact) mass is 317 g/mol. The molecule has 23 heavy (non-hydrogen) atoms. The van der Waals surface area contributed by atoms with Gasteiger partial charge in [-0.3, -0.25) is 9.59 Å². The normalized spacial score (nSPS) is 20.1. The number of hydrogen-bond acceptors (Lipinski definition) is 4. The number of aliphatic carboxylic acids is 1. The Kier molecular flexibility index (Phi) is 3.71. The first-order valence-electron chi connectivity index (χ1n) is 7.33. The van der Waals surface area contributed by atoms with Gasteiger partial charge < -0.3 is 10.4 Å². The van der Waals surface area contributed by atoms with E-state index in [1.165, 1.54) is 6.07 Å². The van der Waals surface area contributed by atoms with Crippen molar-refractivity contribution in [3.63, 3.8) is 0 Å². The van der Waals surface area contributed by atoms with E-state index in [0.29, 0.717) is 35.3 Å². The van der Waals surface area contributed by atoms with Gasteiger partial charge >= 0.3 is 5.97 Å². The molecule has 7 heteroatoms. The van der Waals surface area contributed by atoms with E-state index in [2.05, 4.69) is 15.3 Å². The van der Waals surface area contributed by atoms with E-state index in [-0.39, 0.29) is 11.6 Å². The molecule has 1 amide bonds. The molecule has 120 valence electrons. The second-order valence-electron chi connectivity index (χ2n) is 5.89. The van der Waals surface area contributed by atoms with Crippen molar-refractivity contribution >= 4 is 22.9 Å². The van der Waals surface area contributed by atoms with Gasteiger partial charge in [0.15, 0.2) is 0 Å². The molecule has 0 spiro atoms. The van der Waals surface area contributed by atoms with Gasteiger partial charge in [-0.05, 0) is 32.8 Å². The topological polar surface area (TPSA) is 92.2 Å². The SMILES string of the molecule is Cc1nc2cc(F)cc(C(=O)NC3CC(C(=O)O)C3)c2nc1C. The molecule has 1 aromatic heterocycles. The van der Waals surface area contributed by atoms with Crippen molar-refractivity contribution < 1.29 is 19.1 Å². The predicted molar refractivity (Wildman–Crippen MR) is 80.6 cm³/mol. The number of aromatic nitrogens is 2. The number of carboxylic acids is 1. The average molecular weight is 317 g/mol. The highest BCUT2D eigenvalue weighted by Crippen LogP contribution is 2.28. The number of amides is 1. The molecule has 0 radical (unpaired) electrons. The number of benzene rings is 1. The third-order valence-corrected chi connectivity index (χ3v) is 4.21. The van der Waals surface area contributed by atoms with Crippen molar-refractivity contribution in [1.29, 1.82) is 0 Å². The minimum absolute atomic E-state index is 0.120. The molecular formula is C16H16FN3O3. The minimum atomic E-state index is -0.858. The van der Waals surface area contributed by atoms with Gasteiger partial charge in [0, 0.05) is 12.1 Å². The summed E-state index contributed by atoms with van der Waals surface area (Å²) in [5.41, 5.74) is 2.15. The van der Waals surface area contributed by atoms with E-state index in [1.54, 1.807) is 13.8 Å². The highest BCUT2D eigenvalue weighted by molar-refractivity contribution is 6.05. The Morgan fingerprint density at radius 2 is 1.87 bits per heavy atom. The van der Waals surface area contributed by atoms with Gasteiger partial charge in [0.2, 0.25) is 0 Å². The molecule has 0 bridgehead atoms. The fraction of sp³-hybridized carbons (Fsp3) is 0.375. The summed E-state index contributed by atoms with van der Waals surface area (Å²) in [5, 5.41) is 11.6. The Labute approximate surface area is 131 Å².